The number of likely N-dealkylation sites (N-methyl/N-ethyl adjacent to an activating group) is 1. The van der Waals surface area contributed by atoms with Crippen LogP contribution in [-0.4, -0.2) is 29.1 Å². The molecule has 0 aliphatic heterocycles. The van der Waals surface area contributed by atoms with Gasteiger partial charge in [-0.05, 0) is 19.1 Å². The molecule has 0 radical (unpaired) electrons. The fourth-order valence-corrected chi connectivity index (χ4v) is 2.53. The second-order valence-corrected chi connectivity index (χ2v) is 5.66. The van der Waals surface area contributed by atoms with E-state index < -0.39 is 0 Å². The van der Waals surface area contributed by atoms with Crippen molar-refractivity contribution in [2.24, 2.45) is 0 Å². The minimum atomic E-state index is -0.351. The molecule has 23 heavy (non-hydrogen) atoms. The van der Waals surface area contributed by atoms with E-state index in [2.05, 4.69) is 10.3 Å². The third kappa shape index (κ3) is 4.03. The Hall–Kier alpha value is -2.05. The number of hydrogen-bond donors (Lipinski definition) is 1. The molecule has 2 rings (SSSR count). The summed E-state index contributed by atoms with van der Waals surface area (Å²) in [5.74, 6) is -0.148. The Morgan fingerprint density at radius 1 is 1.35 bits per heavy atom. The number of para-hydroxylation sites is 1. The zero-order valence-corrected chi connectivity index (χ0v) is 14.2. The molecule has 2 aromatic rings. The maximum atomic E-state index is 12.2. The van der Waals surface area contributed by atoms with Crippen molar-refractivity contribution < 1.29 is 4.79 Å². The van der Waals surface area contributed by atoms with Gasteiger partial charge in [-0.2, -0.15) is 0 Å². The highest BCUT2D eigenvalue weighted by atomic mass is 35.5. The van der Waals surface area contributed by atoms with Gasteiger partial charge in [-0.1, -0.05) is 29.3 Å². The van der Waals surface area contributed by atoms with E-state index in [0.29, 0.717) is 22.3 Å². The zero-order chi connectivity index (χ0) is 17.0. The lowest BCUT2D eigenvalue weighted by atomic mass is 10.3. The van der Waals surface area contributed by atoms with Crippen LogP contribution in [0.15, 0.2) is 35.4 Å². The number of carbonyl (C=O) groups is 1. The van der Waals surface area contributed by atoms with E-state index in [9.17, 15) is 9.59 Å². The van der Waals surface area contributed by atoms with E-state index in [4.69, 9.17) is 23.2 Å². The smallest absolute Gasteiger partial charge is 0.293 e. The number of aryl methyl sites for hydroxylation is 1. The molecule has 1 heterocycles. The van der Waals surface area contributed by atoms with Crippen LogP contribution in [0.4, 0.5) is 11.5 Å². The van der Waals surface area contributed by atoms with Gasteiger partial charge in [0.2, 0.25) is 5.91 Å². The molecule has 0 unspecified atom stereocenters. The molecule has 0 fully saturated rings. The quantitative estimate of drug-likeness (QED) is 0.896. The average Bonchev–Trinajstić information content (AvgIpc) is 2.51. The van der Waals surface area contributed by atoms with Gasteiger partial charge in [-0.15, -0.1) is 0 Å². The number of halogens is 2. The number of aromatic nitrogens is 2. The number of carbonyl (C=O) groups excluding carboxylic acids is 1. The first-order valence-electron chi connectivity index (χ1n) is 6.94. The summed E-state index contributed by atoms with van der Waals surface area (Å²) in [4.78, 5) is 29.9. The average molecular weight is 355 g/mol. The molecule has 0 bridgehead atoms. The minimum Gasteiger partial charge on any atom is -0.346 e. The summed E-state index contributed by atoms with van der Waals surface area (Å²) in [6.45, 7) is 2.33. The highest BCUT2D eigenvalue weighted by molar-refractivity contribution is 6.39. The van der Waals surface area contributed by atoms with Crippen molar-refractivity contribution in [3.8, 4) is 0 Å². The van der Waals surface area contributed by atoms with E-state index in [1.54, 1.807) is 31.4 Å². The number of benzene rings is 1. The lowest BCUT2D eigenvalue weighted by Crippen LogP contribution is -2.36. The van der Waals surface area contributed by atoms with Gasteiger partial charge in [-0.25, -0.2) is 4.98 Å². The van der Waals surface area contributed by atoms with Crippen LogP contribution < -0.4 is 15.8 Å². The molecule has 0 atom stereocenters. The SMILES string of the molecule is CCn1ccnc(N(C)CC(=O)Nc2c(Cl)cccc2Cl)c1=O. The van der Waals surface area contributed by atoms with E-state index >= 15 is 0 Å². The summed E-state index contributed by atoms with van der Waals surface area (Å²) >= 11 is 12.0. The van der Waals surface area contributed by atoms with Crippen molar-refractivity contribution in [1.29, 1.82) is 0 Å². The largest absolute Gasteiger partial charge is 0.346 e. The predicted molar refractivity (Wildman–Crippen MR) is 92.5 cm³/mol. The topological polar surface area (TPSA) is 67.2 Å². The standard InChI is InChI=1S/C15H16Cl2N4O2/c1-3-21-8-7-18-14(15(21)23)20(2)9-12(22)19-13-10(16)5-4-6-11(13)17/h4-8H,3,9H2,1-2H3,(H,19,22). The first-order valence-corrected chi connectivity index (χ1v) is 7.70. The molecule has 1 aromatic heterocycles. The summed E-state index contributed by atoms with van der Waals surface area (Å²) in [7, 11) is 1.62. The van der Waals surface area contributed by atoms with Crippen LogP contribution in [0.3, 0.4) is 0 Å². The molecule has 8 heteroatoms. The van der Waals surface area contributed by atoms with Crippen molar-refractivity contribution in [1.82, 2.24) is 9.55 Å². The fourth-order valence-electron chi connectivity index (χ4n) is 2.03. The molecule has 0 spiro atoms. The van der Waals surface area contributed by atoms with Gasteiger partial charge in [0.15, 0.2) is 5.82 Å². The van der Waals surface area contributed by atoms with E-state index in [0.717, 1.165) is 0 Å². The summed E-state index contributed by atoms with van der Waals surface area (Å²) in [5, 5.41) is 3.34. The molecule has 1 aromatic carbocycles. The monoisotopic (exact) mass is 354 g/mol. The van der Waals surface area contributed by atoms with Gasteiger partial charge in [-0.3, -0.25) is 9.59 Å². The normalized spacial score (nSPS) is 10.4. The number of anilines is 2. The molecular weight excluding hydrogens is 339 g/mol. The van der Waals surface area contributed by atoms with Crippen LogP contribution in [0, 0.1) is 0 Å². The summed E-state index contributed by atoms with van der Waals surface area (Å²) in [5.41, 5.74) is 0.0994. The third-order valence-corrected chi connectivity index (χ3v) is 3.84. The van der Waals surface area contributed by atoms with Gasteiger partial charge in [0, 0.05) is 26.0 Å². The first kappa shape index (κ1) is 17.3. The molecule has 6 nitrogen and oxygen atoms in total. The van der Waals surface area contributed by atoms with Crippen LogP contribution in [0.1, 0.15) is 6.92 Å². The number of rotatable bonds is 5. The molecular formula is C15H16Cl2N4O2. The minimum absolute atomic E-state index is 0.0580. The van der Waals surface area contributed by atoms with Gasteiger partial charge in [0.25, 0.3) is 5.56 Å². The second-order valence-electron chi connectivity index (χ2n) is 4.84. The predicted octanol–water partition coefficient (Wildman–Crippen LogP) is 2.64. The number of nitrogens with one attached hydrogen (secondary N) is 1. The van der Waals surface area contributed by atoms with Gasteiger partial charge < -0.3 is 14.8 Å². The van der Waals surface area contributed by atoms with E-state index in [-0.39, 0.29) is 23.8 Å². The highest BCUT2D eigenvalue weighted by Gasteiger charge is 2.15. The Bertz CT molecular complexity index is 756. The Morgan fingerprint density at radius 3 is 2.61 bits per heavy atom. The van der Waals surface area contributed by atoms with Crippen molar-refractivity contribution in [3.63, 3.8) is 0 Å². The molecule has 0 aliphatic carbocycles. The molecule has 0 saturated heterocycles. The summed E-state index contributed by atoms with van der Waals surface area (Å²) < 4.78 is 1.52. The molecule has 1 N–H and O–H groups in total. The second kappa shape index (κ2) is 7.48. The zero-order valence-electron chi connectivity index (χ0n) is 12.7. The lowest BCUT2D eigenvalue weighted by molar-refractivity contribution is -0.114. The summed E-state index contributed by atoms with van der Waals surface area (Å²) in [6.07, 6.45) is 3.13. The fraction of sp³-hybridized carbons (Fsp3) is 0.267. The van der Waals surface area contributed by atoms with Crippen molar-refractivity contribution in [3.05, 3.63) is 51.0 Å². The van der Waals surface area contributed by atoms with Crippen molar-refractivity contribution in [2.45, 2.75) is 13.5 Å². The van der Waals surface area contributed by atoms with Gasteiger partial charge in [0.05, 0.1) is 22.3 Å². The summed E-state index contributed by atoms with van der Waals surface area (Å²) in [6, 6.07) is 4.95. The van der Waals surface area contributed by atoms with E-state index in [1.807, 2.05) is 6.92 Å². The maximum absolute atomic E-state index is 12.2. The third-order valence-electron chi connectivity index (χ3n) is 3.21. The van der Waals surface area contributed by atoms with E-state index in [1.165, 1.54) is 15.7 Å². The molecule has 122 valence electrons. The number of nitrogens with zero attached hydrogens (tertiary/aromatic N) is 3. The Balaban J connectivity index is 2.13. The van der Waals surface area contributed by atoms with Crippen molar-refractivity contribution in [2.75, 3.05) is 23.8 Å². The molecule has 0 aliphatic rings. The van der Waals surface area contributed by atoms with Crippen LogP contribution in [0.25, 0.3) is 0 Å². The Kier molecular flexibility index (Phi) is 5.63. The molecule has 0 saturated carbocycles. The molecule has 1 amide bonds. The Morgan fingerprint density at radius 2 is 2.00 bits per heavy atom. The maximum Gasteiger partial charge on any atom is 0.293 e. The van der Waals surface area contributed by atoms with Crippen LogP contribution in [0.2, 0.25) is 10.0 Å². The van der Waals surface area contributed by atoms with Gasteiger partial charge >= 0.3 is 0 Å². The number of amides is 1. The van der Waals surface area contributed by atoms with Crippen LogP contribution in [0.5, 0.6) is 0 Å². The van der Waals surface area contributed by atoms with Crippen molar-refractivity contribution >= 4 is 40.6 Å². The van der Waals surface area contributed by atoms with Gasteiger partial charge in [0.1, 0.15) is 0 Å². The van der Waals surface area contributed by atoms with Crippen LogP contribution in [-0.2, 0) is 11.3 Å². The van der Waals surface area contributed by atoms with Crippen LogP contribution >= 0.6 is 23.2 Å². The first-order chi connectivity index (χ1) is 10.9. The Labute approximate surface area is 143 Å². The lowest BCUT2D eigenvalue weighted by Gasteiger charge is -2.18. The number of hydrogen-bond acceptors (Lipinski definition) is 4. The highest BCUT2D eigenvalue weighted by Crippen LogP contribution is 2.29.